The smallest absolute Gasteiger partial charge is 0.142 e. The highest BCUT2D eigenvalue weighted by Gasteiger charge is 2.18. The maximum Gasteiger partial charge on any atom is 0.142 e. The van der Waals surface area contributed by atoms with E-state index in [4.69, 9.17) is 4.74 Å². The van der Waals surface area contributed by atoms with Gasteiger partial charge in [0.2, 0.25) is 0 Å². The summed E-state index contributed by atoms with van der Waals surface area (Å²) in [4.78, 5) is 16.7. The summed E-state index contributed by atoms with van der Waals surface area (Å²) >= 11 is 0. The fraction of sp³-hybridized carbons (Fsp3) is 0.467. The fourth-order valence-electron chi connectivity index (χ4n) is 2.63. The van der Waals surface area contributed by atoms with Crippen molar-refractivity contribution in [3.05, 3.63) is 30.1 Å². The molecule has 1 atom stereocenters. The molecule has 0 radical (unpaired) electrons. The normalized spacial score (nSPS) is 19.4. The van der Waals surface area contributed by atoms with E-state index in [1.54, 1.807) is 0 Å². The highest BCUT2D eigenvalue weighted by atomic mass is 16.5. The van der Waals surface area contributed by atoms with E-state index < -0.39 is 0 Å². The Morgan fingerprint density at radius 1 is 1.50 bits per heavy atom. The molecule has 1 aromatic heterocycles. The van der Waals surface area contributed by atoms with Crippen molar-refractivity contribution in [3.63, 3.8) is 0 Å². The number of aryl methyl sites for hydroxylation is 1. The second-order valence-corrected chi connectivity index (χ2v) is 5.22. The molecule has 1 aromatic carbocycles. The van der Waals surface area contributed by atoms with Gasteiger partial charge in [-0.3, -0.25) is 4.79 Å². The van der Waals surface area contributed by atoms with Crippen LogP contribution in [0.2, 0.25) is 0 Å². The Balaban J connectivity index is 1.69. The molecule has 0 aliphatic carbocycles. The summed E-state index contributed by atoms with van der Waals surface area (Å²) in [5.41, 5.74) is 2.01. The summed E-state index contributed by atoms with van der Waals surface area (Å²) in [5, 5.41) is 3.30. The minimum atomic E-state index is 0.144. The summed E-state index contributed by atoms with van der Waals surface area (Å²) in [6.07, 6.45) is 0.882. The first-order chi connectivity index (χ1) is 9.74. The number of rotatable bonds is 4. The topological polar surface area (TPSA) is 56.1 Å². The van der Waals surface area contributed by atoms with Crippen LogP contribution < -0.4 is 5.32 Å². The number of fused-ring (bicyclic) bond motifs is 1. The van der Waals surface area contributed by atoms with Crippen molar-refractivity contribution in [2.75, 3.05) is 19.8 Å². The lowest BCUT2D eigenvalue weighted by molar-refractivity contribution is -0.119. The summed E-state index contributed by atoms with van der Waals surface area (Å²) < 4.78 is 7.37. The van der Waals surface area contributed by atoms with Gasteiger partial charge in [0, 0.05) is 26.1 Å². The van der Waals surface area contributed by atoms with E-state index in [0.717, 1.165) is 30.0 Å². The number of carbonyl (C=O) groups is 1. The Hall–Kier alpha value is -1.72. The van der Waals surface area contributed by atoms with Gasteiger partial charge in [0.25, 0.3) is 0 Å². The van der Waals surface area contributed by atoms with Gasteiger partial charge in [-0.25, -0.2) is 4.98 Å². The number of morpholine rings is 1. The number of ether oxygens (including phenoxy) is 1. The third kappa shape index (κ3) is 2.73. The second kappa shape index (κ2) is 5.73. The Labute approximate surface area is 117 Å². The van der Waals surface area contributed by atoms with Crippen LogP contribution in [-0.2, 0) is 23.0 Å². The van der Waals surface area contributed by atoms with Gasteiger partial charge in [-0.1, -0.05) is 12.1 Å². The molecule has 0 bridgehead atoms. The Morgan fingerprint density at radius 3 is 3.10 bits per heavy atom. The molecule has 106 valence electrons. The molecule has 5 nitrogen and oxygen atoms in total. The van der Waals surface area contributed by atoms with Gasteiger partial charge in [-0.15, -0.1) is 0 Å². The van der Waals surface area contributed by atoms with E-state index in [2.05, 4.69) is 10.3 Å². The summed E-state index contributed by atoms with van der Waals surface area (Å²) in [6.45, 7) is 2.17. The van der Waals surface area contributed by atoms with Crippen LogP contribution in [0.5, 0.6) is 0 Å². The molecule has 1 fully saturated rings. The van der Waals surface area contributed by atoms with E-state index in [9.17, 15) is 4.79 Å². The van der Waals surface area contributed by atoms with Gasteiger partial charge in [-0.2, -0.15) is 0 Å². The summed E-state index contributed by atoms with van der Waals surface area (Å²) in [5.74, 6) is 1.03. The van der Waals surface area contributed by atoms with Crippen LogP contribution >= 0.6 is 0 Å². The van der Waals surface area contributed by atoms with Gasteiger partial charge in [0.1, 0.15) is 11.6 Å². The first-order valence-corrected chi connectivity index (χ1v) is 6.97. The van der Waals surface area contributed by atoms with Gasteiger partial charge >= 0.3 is 0 Å². The van der Waals surface area contributed by atoms with Crippen molar-refractivity contribution in [2.24, 2.45) is 7.05 Å². The van der Waals surface area contributed by atoms with E-state index in [1.165, 1.54) is 0 Å². The number of imidazole rings is 1. The zero-order chi connectivity index (χ0) is 13.9. The molecule has 2 aromatic rings. The lowest BCUT2D eigenvalue weighted by Crippen LogP contribution is -2.42. The Bertz CT molecular complexity index is 615. The molecule has 20 heavy (non-hydrogen) atoms. The summed E-state index contributed by atoms with van der Waals surface area (Å²) in [6, 6.07) is 8.08. The van der Waals surface area contributed by atoms with Crippen molar-refractivity contribution in [1.29, 1.82) is 0 Å². The number of benzene rings is 1. The van der Waals surface area contributed by atoms with Crippen LogP contribution in [-0.4, -0.2) is 41.1 Å². The van der Waals surface area contributed by atoms with E-state index in [1.807, 2.05) is 35.9 Å². The van der Waals surface area contributed by atoms with E-state index in [0.29, 0.717) is 19.4 Å². The van der Waals surface area contributed by atoms with Gasteiger partial charge in [0.05, 0.1) is 30.7 Å². The van der Waals surface area contributed by atoms with E-state index in [-0.39, 0.29) is 11.8 Å². The summed E-state index contributed by atoms with van der Waals surface area (Å²) in [7, 11) is 1.96. The van der Waals surface area contributed by atoms with Gasteiger partial charge in [-0.05, 0) is 12.1 Å². The number of nitrogens with one attached hydrogen (secondary N) is 1. The average Bonchev–Trinajstić information content (AvgIpc) is 2.77. The van der Waals surface area contributed by atoms with Crippen LogP contribution in [0.1, 0.15) is 12.2 Å². The SMILES string of the molecule is Cn1c(CC(=O)CC2COCCN2)nc2ccccc21. The number of hydrogen-bond donors (Lipinski definition) is 1. The fourth-order valence-corrected chi connectivity index (χ4v) is 2.63. The zero-order valence-electron chi connectivity index (χ0n) is 11.6. The quantitative estimate of drug-likeness (QED) is 0.905. The molecule has 1 saturated heterocycles. The minimum Gasteiger partial charge on any atom is -0.379 e. The molecule has 0 spiro atoms. The van der Waals surface area contributed by atoms with Crippen LogP contribution in [0.25, 0.3) is 11.0 Å². The highest BCUT2D eigenvalue weighted by molar-refractivity contribution is 5.83. The lowest BCUT2D eigenvalue weighted by atomic mass is 10.1. The third-order valence-corrected chi connectivity index (χ3v) is 3.71. The number of nitrogens with zero attached hydrogens (tertiary/aromatic N) is 2. The first-order valence-electron chi connectivity index (χ1n) is 6.97. The van der Waals surface area contributed by atoms with Crippen molar-refractivity contribution in [1.82, 2.24) is 14.9 Å². The third-order valence-electron chi connectivity index (χ3n) is 3.71. The van der Waals surface area contributed by atoms with Crippen LogP contribution in [0.4, 0.5) is 0 Å². The molecule has 3 rings (SSSR count). The van der Waals surface area contributed by atoms with Crippen molar-refractivity contribution in [3.8, 4) is 0 Å². The number of Topliss-reactive ketones (excluding diaryl/α,β-unsaturated/α-hetero) is 1. The first kappa shape index (κ1) is 13.3. The maximum absolute atomic E-state index is 12.2. The predicted molar refractivity (Wildman–Crippen MR) is 76.7 cm³/mol. The largest absolute Gasteiger partial charge is 0.379 e. The van der Waals surface area contributed by atoms with Crippen molar-refractivity contribution < 1.29 is 9.53 Å². The molecule has 1 unspecified atom stereocenters. The predicted octanol–water partition coefficient (Wildman–Crippen LogP) is 1.06. The van der Waals surface area contributed by atoms with Crippen LogP contribution in [0.15, 0.2) is 24.3 Å². The standard InChI is InChI=1S/C15H19N3O2/c1-18-14-5-3-2-4-13(14)17-15(18)9-12(19)8-11-10-20-7-6-16-11/h2-5,11,16H,6-10H2,1H3. The molecule has 0 amide bonds. The number of para-hydroxylation sites is 2. The number of carbonyl (C=O) groups excluding carboxylic acids is 1. The molecule has 1 aliphatic rings. The van der Waals surface area contributed by atoms with E-state index >= 15 is 0 Å². The molecule has 2 heterocycles. The number of aromatic nitrogens is 2. The van der Waals surface area contributed by atoms with Gasteiger partial charge < -0.3 is 14.6 Å². The second-order valence-electron chi connectivity index (χ2n) is 5.22. The van der Waals surface area contributed by atoms with Crippen molar-refractivity contribution >= 4 is 16.8 Å². The molecule has 1 aliphatic heterocycles. The highest BCUT2D eigenvalue weighted by Crippen LogP contribution is 2.15. The molecule has 0 saturated carbocycles. The minimum absolute atomic E-state index is 0.144. The number of hydrogen-bond acceptors (Lipinski definition) is 4. The molecule has 5 heteroatoms. The zero-order valence-corrected chi connectivity index (χ0v) is 11.6. The Kier molecular flexibility index (Phi) is 3.80. The van der Waals surface area contributed by atoms with Crippen LogP contribution in [0.3, 0.4) is 0 Å². The number of ketones is 1. The van der Waals surface area contributed by atoms with Crippen LogP contribution in [0, 0.1) is 0 Å². The molecular formula is C15H19N3O2. The Morgan fingerprint density at radius 2 is 2.35 bits per heavy atom. The van der Waals surface area contributed by atoms with Crippen molar-refractivity contribution in [2.45, 2.75) is 18.9 Å². The maximum atomic E-state index is 12.2. The molecular weight excluding hydrogens is 254 g/mol. The average molecular weight is 273 g/mol. The van der Waals surface area contributed by atoms with Gasteiger partial charge in [0.15, 0.2) is 0 Å². The lowest BCUT2D eigenvalue weighted by Gasteiger charge is -2.23. The monoisotopic (exact) mass is 273 g/mol. The molecule has 1 N–H and O–H groups in total.